The number of nitrogens with zero attached hydrogens (tertiary/aromatic N) is 2. The van der Waals surface area contributed by atoms with E-state index < -0.39 is 24.2 Å². The van der Waals surface area contributed by atoms with Gasteiger partial charge in [-0.15, -0.1) is 6.58 Å². The van der Waals surface area contributed by atoms with Gasteiger partial charge in [-0.05, 0) is 35.8 Å². The molecule has 1 N–H and O–H groups in total. The number of benzene rings is 1. The summed E-state index contributed by atoms with van der Waals surface area (Å²) in [6.07, 6.45) is 0.258. The lowest BCUT2D eigenvalue weighted by molar-refractivity contribution is -0.241. The predicted octanol–water partition coefficient (Wildman–Crippen LogP) is 5.44. The van der Waals surface area contributed by atoms with Crippen LogP contribution in [0.4, 0.5) is 13.2 Å². The highest BCUT2D eigenvalue weighted by atomic mass is 19.4. The lowest BCUT2D eigenvalue weighted by atomic mass is 9.81. The molecule has 0 saturated heterocycles. The van der Waals surface area contributed by atoms with E-state index >= 15 is 0 Å². The summed E-state index contributed by atoms with van der Waals surface area (Å²) in [5, 5.41) is 20.0. The fraction of sp³-hybridized carbons (Fsp3) is 0.292. The summed E-state index contributed by atoms with van der Waals surface area (Å²) in [6.45, 7) is 9.55. The molecule has 0 aromatic heterocycles. The molecule has 3 rings (SSSR count). The summed E-state index contributed by atoms with van der Waals surface area (Å²) in [4.78, 5) is 1.77. The number of nitriles is 1. The normalized spacial score (nSPS) is 20.3. The Kier molecular flexibility index (Phi) is 5.78. The van der Waals surface area contributed by atoms with Gasteiger partial charge in [-0.1, -0.05) is 42.5 Å². The SMILES string of the molecule is C=CCC(O)(C1=CN(Cc2cccc(C(=C)C)c2)C2CC(C#N)=CC=C12)C(F)(F)F. The van der Waals surface area contributed by atoms with E-state index in [1.165, 1.54) is 18.4 Å². The van der Waals surface area contributed by atoms with E-state index in [1.807, 2.05) is 31.2 Å². The Morgan fingerprint density at radius 2 is 2.10 bits per heavy atom. The molecule has 6 heteroatoms. The largest absolute Gasteiger partial charge is 0.421 e. The molecule has 1 aliphatic carbocycles. The van der Waals surface area contributed by atoms with Crippen molar-refractivity contribution >= 4 is 5.57 Å². The fourth-order valence-corrected chi connectivity index (χ4v) is 3.90. The molecule has 1 aromatic rings. The quantitative estimate of drug-likeness (QED) is 0.633. The highest BCUT2D eigenvalue weighted by Gasteiger charge is 2.58. The van der Waals surface area contributed by atoms with E-state index in [0.717, 1.165) is 22.8 Å². The van der Waals surface area contributed by atoms with Crippen molar-refractivity contribution in [2.75, 3.05) is 0 Å². The number of hydrogen-bond acceptors (Lipinski definition) is 3. The van der Waals surface area contributed by atoms with Gasteiger partial charge in [0.2, 0.25) is 0 Å². The summed E-state index contributed by atoms with van der Waals surface area (Å²) in [5.41, 5.74) is 0.380. The summed E-state index contributed by atoms with van der Waals surface area (Å²) < 4.78 is 41.6. The molecule has 156 valence electrons. The van der Waals surface area contributed by atoms with Gasteiger partial charge in [0, 0.05) is 36.7 Å². The first-order chi connectivity index (χ1) is 14.1. The van der Waals surface area contributed by atoms with Crippen LogP contribution in [0.15, 0.2) is 78.6 Å². The van der Waals surface area contributed by atoms with E-state index in [9.17, 15) is 23.5 Å². The maximum Gasteiger partial charge on any atom is 0.421 e. The molecule has 1 aromatic carbocycles. The van der Waals surface area contributed by atoms with Gasteiger partial charge in [-0.2, -0.15) is 18.4 Å². The molecule has 2 unspecified atom stereocenters. The van der Waals surface area contributed by atoms with Gasteiger partial charge in [0.1, 0.15) is 0 Å². The van der Waals surface area contributed by atoms with Gasteiger partial charge in [-0.25, -0.2) is 0 Å². The predicted molar refractivity (Wildman–Crippen MR) is 111 cm³/mol. The van der Waals surface area contributed by atoms with Crippen LogP contribution in [0.3, 0.4) is 0 Å². The third-order valence-corrected chi connectivity index (χ3v) is 5.53. The van der Waals surface area contributed by atoms with Crippen molar-refractivity contribution in [3.05, 3.63) is 89.7 Å². The minimum absolute atomic E-state index is 0.191. The van der Waals surface area contributed by atoms with Crippen molar-refractivity contribution < 1.29 is 18.3 Å². The molecular formula is C24H23F3N2O. The number of aliphatic hydroxyl groups is 1. The van der Waals surface area contributed by atoms with Crippen LogP contribution in [0.1, 0.15) is 30.9 Å². The van der Waals surface area contributed by atoms with Crippen LogP contribution in [-0.2, 0) is 6.54 Å². The lowest BCUT2D eigenvalue weighted by Gasteiger charge is -2.33. The highest BCUT2D eigenvalue weighted by molar-refractivity contribution is 5.62. The molecular weight excluding hydrogens is 389 g/mol. The average molecular weight is 412 g/mol. The van der Waals surface area contributed by atoms with Gasteiger partial charge < -0.3 is 10.0 Å². The Bertz CT molecular complexity index is 1010. The molecule has 1 heterocycles. The Hall–Kier alpha value is -3.04. The maximum atomic E-state index is 13.9. The monoisotopic (exact) mass is 412 g/mol. The van der Waals surface area contributed by atoms with E-state index in [4.69, 9.17) is 0 Å². The zero-order valence-corrected chi connectivity index (χ0v) is 16.7. The minimum Gasteiger partial charge on any atom is -0.376 e. The Balaban J connectivity index is 2.06. The first-order valence-corrected chi connectivity index (χ1v) is 9.55. The van der Waals surface area contributed by atoms with E-state index in [1.54, 1.807) is 4.90 Å². The summed E-state index contributed by atoms with van der Waals surface area (Å²) in [6, 6.07) is 9.28. The molecule has 30 heavy (non-hydrogen) atoms. The molecule has 1 aliphatic heterocycles. The van der Waals surface area contributed by atoms with Crippen LogP contribution in [0.25, 0.3) is 5.57 Å². The van der Waals surface area contributed by atoms with Gasteiger partial charge in [0.25, 0.3) is 0 Å². The summed E-state index contributed by atoms with van der Waals surface area (Å²) in [5.74, 6) is 0. The van der Waals surface area contributed by atoms with E-state index in [2.05, 4.69) is 19.2 Å². The fourth-order valence-electron chi connectivity index (χ4n) is 3.90. The zero-order valence-electron chi connectivity index (χ0n) is 16.7. The van der Waals surface area contributed by atoms with E-state index in [0.29, 0.717) is 17.7 Å². The van der Waals surface area contributed by atoms with Gasteiger partial charge in [-0.3, -0.25) is 0 Å². The molecule has 0 spiro atoms. The average Bonchev–Trinajstić information content (AvgIpc) is 3.05. The summed E-state index contributed by atoms with van der Waals surface area (Å²) >= 11 is 0. The minimum atomic E-state index is -4.87. The smallest absolute Gasteiger partial charge is 0.376 e. The summed E-state index contributed by atoms with van der Waals surface area (Å²) in [7, 11) is 0. The molecule has 2 aliphatic rings. The number of allylic oxidation sites excluding steroid dienone is 3. The number of alkyl halides is 3. The molecule has 3 nitrogen and oxygen atoms in total. The Morgan fingerprint density at radius 3 is 2.70 bits per heavy atom. The van der Waals surface area contributed by atoms with Gasteiger partial charge >= 0.3 is 6.18 Å². The standard InChI is InChI=1S/C24H23F3N2O/c1-4-10-23(30,24(25,26)27)21-15-29(22-12-17(13-28)8-9-20(21)22)14-18-6-5-7-19(11-18)16(2)3/h4-9,11,15,22,30H,1-2,10,12,14H2,3H3. The third-order valence-electron chi connectivity index (χ3n) is 5.53. The second kappa shape index (κ2) is 8.00. The van der Waals surface area contributed by atoms with Crippen molar-refractivity contribution in [1.82, 2.24) is 4.90 Å². The number of fused-ring (bicyclic) bond motifs is 1. The Morgan fingerprint density at radius 1 is 1.37 bits per heavy atom. The second-order valence-corrected chi connectivity index (χ2v) is 7.69. The molecule has 0 saturated carbocycles. The van der Waals surface area contributed by atoms with Crippen molar-refractivity contribution in [3.63, 3.8) is 0 Å². The van der Waals surface area contributed by atoms with Crippen LogP contribution in [0, 0.1) is 11.3 Å². The van der Waals surface area contributed by atoms with Crippen LogP contribution < -0.4 is 0 Å². The molecule has 0 fully saturated rings. The molecule has 0 amide bonds. The number of hydrogen-bond donors (Lipinski definition) is 1. The third kappa shape index (κ3) is 3.86. The zero-order chi connectivity index (χ0) is 22.1. The van der Waals surface area contributed by atoms with Crippen molar-refractivity contribution in [2.24, 2.45) is 0 Å². The van der Waals surface area contributed by atoms with Crippen LogP contribution in [0.2, 0.25) is 0 Å². The molecule has 2 atom stereocenters. The second-order valence-electron chi connectivity index (χ2n) is 7.69. The number of halogens is 3. The first-order valence-electron chi connectivity index (χ1n) is 9.55. The number of rotatable bonds is 6. The van der Waals surface area contributed by atoms with Gasteiger partial charge in [0.05, 0.1) is 12.1 Å². The maximum absolute atomic E-state index is 13.9. The van der Waals surface area contributed by atoms with Crippen molar-refractivity contribution in [1.29, 1.82) is 5.26 Å². The first kappa shape index (κ1) is 21.7. The van der Waals surface area contributed by atoms with Crippen LogP contribution in [-0.4, -0.2) is 27.8 Å². The molecule has 0 bridgehead atoms. The van der Waals surface area contributed by atoms with Crippen LogP contribution in [0.5, 0.6) is 0 Å². The highest BCUT2D eigenvalue weighted by Crippen LogP contribution is 2.48. The van der Waals surface area contributed by atoms with Crippen molar-refractivity contribution in [3.8, 4) is 6.07 Å². The topological polar surface area (TPSA) is 47.3 Å². The molecule has 0 radical (unpaired) electrons. The van der Waals surface area contributed by atoms with Gasteiger partial charge in [0.15, 0.2) is 5.60 Å². The lowest BCUT2D eigenvalue weighted by Crippen LogP contribution is -2.47. The van der Waals surface area contributed by atoms with Crippen LogP contribution >= 0.6 is 0 Å². The van der Waals surface area contributed by atoms with Crippen molar-refractivity contribution in [2.45, 2.75) is 44.1 Å². The van der Waals surface area contributed by atoms with E-state index in [-0.39, 0.29) is 12.0 Å². The Labute approximate surface area is 174 Å².